The maximum absolute atomic E-state index is 12.2. The molecule has 5 nitrogen and oxygen atoms in total. The van der Waals surface area contributed by atoms with Crippen molar-refractivity contribution < 1.29 is 4.79 Å². The molecule has 0 bridgehead atoms. The van der Waals surface area contributed by atoms with Gasteiger partial charge in [-0.15, -0.1) is 10.2 Å². The van der Waals surface area contributed by atoms with Crippen LogP contribution in [0.3, 0.4) is 0 Å². The van der Waals surface area contributed by atoms with Gasteiger partial charge in [0, 0.05) is 11.4 Å². The highest BCUT2D eigenvalue weighted by Crippen LogP contribution is 2.28. The van der Waals surface area contributed by atoms with Crippen LogP contribution in [0.15, 0.2) is 46.8 Å². The Morgan fingerprint density at radius 1 is 1.08 bits per heavy atom. The van der Waals surface area contributed by atoms with Gasteiger partial charge in [0.05, 0.1) is 5.75 Å². The number of benzene rings is 2. The lowest BCUT2D eigenvalue weighted by atomic mass is 10.1. The second-order valence-electron chi connectivity index (χ2n) is 6.02. The van der Waals surface area contributed by atoms with E-state index < -0.39 is 0 Å². The van der Waals surface area contributed by atoms with E-state index in [1.54, 1.807) is 0 Å². The number of nitrogens with one attached hydrogen (secondary N) is 2. The summed E-state index contributed by atoms with van der Waals surface area (Å²) in [6.07, 6.45) is 0. The molecule has 2 N–H and O–H groups in total. The topological polar surface area (TPSA) is 66.9 Å². The van der Waals surface area contributed by atoms with E-state index in [9.17, 15) is 4.79 Å². The zero-order valence-corrected chi connectivity index (χ0v) is 16.5. The average molecular weight is 385 g/mol. The van der Waals surface area contributed by atoms with E-state index in [1.807, 2.05) is 63.2 Å². The lowest BCUT2D eigenvalue weighted by Crippen LogP contribution is -2.14. The minimum Gasteiger partial charge on any atom is -0.330 e. The smallest absolute Gasteiger partial charge is 0.234 e. The van der Waals surface area contributed by atoms with Crippen LogP contribution in [-0.2, 0) is 4.79 Å². The molecule has 3 aromatic rings. The quantitative estimate of drug-likeness (QED) is 0.589. The molecule has 0 fully saturated rings. The first-order valence-corrected chi connectivity index (χ1v) is 9.97. The fourth-order valence-electron chi connectivity index (χ4n) is 2.35. The first kappa shape index (κ1) is 18.4. The molecule has 1 heterocycles. The highest BCUT2D eigenvalue weighted by molar-refractivity contribution is 8.01. The van der Waals surface area contributed by atoms with E-state index in [2.05, 4.69) is 20.8 Å². The first-order chi connectivity index (χ1) is 12.5. The van der Waals surface area contributed by atoms with Gasteiger partial charge in [0.25, 0.3) is 0 Å². The molecule has 0 aliphatic rings. The molecule has 134 valence electrons. The van der Waals surface area contributed by atoms with Crippen molar-refractivity contribution in [1.82, 2.24) is 10.2 Å². The number of amides is 1. The van der Waals surface area contributed by atoms with E-state index in [4.69, 9.17) is 0 Å². The van der Waals surface area contributed by atoms with Gasteiger partial charge in [-0.1, -0.05) is 47.4 Å². The molecule has 0 atom stereocenters. The molecular weight excluding hydrogens is 364 g/mol. The summed E-state index contributed by atoms with van der Waals surface area (Å²) in [6, 6.07) is 14.1. The Morgan fingerprint density at radius 3 is 2.69 bits per heavy atom. The average Bonchev–Trinajstić information content (AvgIpc) is 3.04. The lowest BCUT2D eigenvalue weighted by molar-refractivity contribution is -0.113. The lowest BCUT2D eigenvalue weighted by Gasteiger charge is -2.08. The van der Waals surface area contributed by atoms with E-state index in [1.165, 1.54) is 28.7 Å². The summed E-state index contributed by atoms with van der Waals surface area (Å²) in [4.78, 5) is 12.2. The first-order valence-electron chi connectivity index (χ1n) is 8.17. The van der Waals surface area contributed by atoms with Gasteiger partial charge in [-0.2, -0.15) is 0 Å². The van der Waals surface area contributed by atoms with Crippen molar-refractivity contribution in [2.45, 2.75) is 25.1 Å². The largest absolute Gasteiger partial charge is 0.330 e. The van der Waals surface area contributed by atoms with E-state index >= 15 is 0 Å². The van der Waals surface area contributed by atoms with Crippen LogP contribution in [-0.4, -0.2) is 21.9 Å². The minimum atomic E-state index is -0.0490. The number of rotatable bonds is 6. The number of anilines is 3. The van der Waals surface area contributed by atoms with Crippen molar-refractivity contribution in [3.05, 3.63) is 59.2 Å². The van der Waals surface area contributed by atoms with Crippen LogP contribution in [0.1, 0.15) is 16.7 Å². The van der Waals surface area contributed by atoms with Gasteiger partial charge in [-0.05, 0) is 55.7 Å². The molecule has 2 aromatic carbocycles. The Kier molecular flexibility index (Phi) is 5.90. The third kappa shape index (κ3) is 5.06. The van der Waals surface area contributed by atoms with E-state index in [0.29, 0.717) is 10.9 Å². The van der Waals surface area contributed by atoms with Crippen molar-refractivity contribution in [1.29, 1.82) is 0 Å². The van der Waals surface area contributed by atoms with E-state index in [-0.39, 0.29) is 5.91 Å². The SMILES string of the molecule is Cc1cccc(Nc2nnc(SCC(=O)Nc3cc(C)ccc3C)s2)c1. The summed E-state index contributed by atoms with van der Waals surface area (Å²) in [5.74, 6) is 0.249. The van der Waals surface area contributed by atoms with Crippen molar-refractivity contribution in [3.8, 4) is 0 Å². The minimum absolute atomic E-state index is 0.0490. The third-order valence-corrected chi connectivity index (χ3v) is 5.64. The van der Waals surface area contributed by atoms with Gasteiger partial charge in [0.15, 0.2) is 4.34 Å². The van der Waals surface area contributed by atoms with E-state index in [0.717, 1.165) is 26.8 Å². The molecular formula is C19H20N4OS2. The summed E-state index contributed by atoms with van der Waals surface area (Å²) in [7, 11) is 0. The zero-order valence-electron chi connectivity index (χ0n) is 14.9. The van der Waals surface area contributed by atoms with Crippen LogP contribution in [0, 0.1) is 20.8 Å². The number of thioether (sulfide) groups is 1. The fraction of sp³-hybridized carbons (Fsp3) is 0.211. The monoisotopic (exact) mass is 384 g/mol. The Bertz CT molecular complexity index is 923. The molecule has 0 saturated heterocycles. The number of hydrogen-bond donors (Lipinski definition) is 2. The van der Waals surface area contributed by atoms with Crippen molar-refractivity contribution >= 4 is 45.5 Å². The number of hydrogen-bond acceptors (Lipinski definition) is 6. The van der Waals surface area contributed by atoms with Crippen molar-refractivity contribution in [2.24, 2.45) is 0 Å². The number of aryl methyl sites for hydroxylation is 3. The second kappa shape index (κ2) is 8.33. The zero-order chi connectivity index (χ0) is 18.5. The van der Waals surface area contributed by atoms with Gasteiger partial charge in [0.2, 0.25) is 11.0 Å². The summed E-state index contributed by atoms with van der Waals surface area (Å²) in [6.45, 7) is 6.03. The molecule has 1 amide bonds. The van der Waals surface area contributed by atoms with Gasteiger partial charge >= 0.3 is 0 Å². The molecule has 26 heavy (non-hydrogen) atoms. The normalized spacial score (nSPS) is 10.6. The summed E-state index contributed by atoms with van der Waals surface area (Å²) < 4.78 is 0.760. The molecule has 0 aliphatic carbocycles. The number of carbonyl (C=O) groups is 1. The Hall–Kier alpha value is -2.38. The van der Waals surface area contributed by atoms with Crippen LogP contribution in [0.5, 0.6) is 0 Å². The second-order valence-corrected chi connectivity index (χ2v) is 8.22. The van der Waals surface area contributed by atoms with Crippen LogP contribution in [0.25, 0.3) is 0 Å². The van der Waals surface area contributed by atoms with Gasteiger partial charge in [-0.25, -0.2) is 0 Å². The van der Waals surface area contributed by atoms with Crippen LogP contribution in [0.2, 0.25) is 0 Å². The third-order valence-electron chi connectivity index (χ3n) is 3.67. The fourth-order valence-corrected chi connectivity index (χ4v) is 3.92. The Balaban J connectivity index is 1.54. The molecule has 0 aliphatic heterocycles. The maximum Gasteiger partial charge on any atom is 0.234 e. The van der Waals surface area contributed by atoms with Gasteiger partial charge in [-0.3, -0.25) is 4.79 Å². The molecule has 0 unspecified atom stereocenters. The summed E-state index contributed by atoms with van der Waals surface area (Å²) in [5, 5.41) is 15.2. The standard InChI is InChI=1S/C19H20N4OS2/c1-12-5-4-6-15(9-12)20-18-22-23-19(26-18)25-11-17(24)21-16-10-13(2)7-8-14(16)3/h4-10H,11H2,1-3H3,(H,20,22)(H,21,24). The number of aromatic nitrogens is 2. The predicted octanol–water partition coefficient (Wildman–Crippen LogP) is 4.94. The van der Waals surface area contributed by atoms with Crippen molar-refractivity contribution in [2.75, 3.05) is 16.4 Å². The molecule has 1 aromatic heterocycles. The highest BCUT2D eigenvalue weighted by atomic mass is 32.2. The molecule has 0 saturated carbocycles. The maximum atomic E-state index is 12.2. The summed E-state index contributed by atoms with van der Waals surface area (Å²) >= 11 is 2.82. The molecule has 0 spiro atoms. The summed E-state index contributed by atoms with van der Waals surface area (Å²) in [5.41, 5.74) is 5.18. The Morgan fingerprint density at radius 2 is 1.88 bits per heavy atom. The number of carbonyl (C=O) groups excluding carboxylic acids is 1. The van der Waals surface area contributed by atoms with Gasteiger partial charge < -0.3 is 10.6 Å². The van der Waals surface area contributed by atoms with Crippen LogP contribution < -0.4 is 10.6 Å². The van der Waals surface area contributed by atoms with Gasteiger partial charge in [0.1, 0.15) is 0 Å². The predicted molar refractivity (Wildman–Crippen MR) is 110 cm³/mol. The molecule has 0 radical (unpaired) electrons. The Labute approximate surface area is 161 Å². The van der Waals surface area contributed by atoms with Crippen molar-refractivity contribution in [3.63, 3.8) is 0 Å². The highest BCUT2D eigenvalue weighted by Gasteiger charge is 2.10. The van der Waals surface area contributed by atoms with Crippen LogP contribution in [0.4, 0.5) is 16.5 Å². The molecule has 7 heteroatoms. The van der Waals surface area contributed by atoms with Crippen LogP contribution >= 0.6 is 23.1 Å². The number of nitrogens with zero attached hydrogens (tertiary/aromatic N) is 2. The molecule has 3 rings (SSSR count).